The van der Waals surface area contributed by atoms with Crippen LogP contribution in [0.15, 0.2) is 55.1 Å². The Morgan fingerprint density at radius 3 is 2.58 bits per heavy atom. The summed E-state index contributed by atoms with van der Waals surface area (Å²) >= 11 is 0. The predicted molar refractivity (Wildman–Crippen MR) is 96.7 cm³/mol. The lowest BCUT2D eigenvalue weighted by molar-refractivity contribution is 0.102. The van der Waals surface area contributed by atoms with Crippen LogP contribution in [-0.4, -0.2) is 39.8 Å². The van der Waals surface area contributed by atoms with Crippen LogP contribution in [-0.2, 0) is 15.6 Å². The molecule has 0 aliphatic rings. The number of pyridine rings is 1. The molecule has 0 unspecified atom stereocenters. The second-order valence-electron chi connectivity index (χ2n) is 5.55. The topological polar surface area (TPSA) is 107 Å². The van der Waals surface area contributed by atoms with Crippen molar-refractivity contribution in [2.45, 2.75) is 12.7 Å². The molecule has 1 aromatic carbocycles. The third kappa shape index (κ3) is 4.31. The van der Waals surface area contributed by atoms with Crippen LogP contribution >= 0.6 is 0 Å². The van der Waals surface area contributed by atoms with E-state index >= 15 is 0 Å². The van der Waals surface area contributed by atoms with Crippen LogP contribution in [0.1, 0.15) is 23.0 Å². The van der Waals surface area contributed by atoms with Crippen LogP contribution in [0.3, 0.4) is 0 Å². The fourth-order valence-electron chi connectivity index (χ4n) is 2.24. The summed E-state index contributed by atoms with van der Waals surface area (Å²) in [5.74, 6) is 0.189. The first-order valence-corrected chi connectivity index (χ1v) is 9.72. The van der Waals surface area contributed by atoms with Crippen molar-refractivity contribution in [3.8, 4) is 5.82 Å². The maximum absolute atomic E-state index is 12.4. The van der Waals surface area contributed by atoms with Crippen molar-refractivity contribution in [1.82, 2.24) is 19.7 Å². The highest BCUT2D eigenvalue weighted by Crippen LogP contribution is 2.14. The van der Waals surface area contributed by atoms with E-state index < -0.39 is 9.84 Å². The molecule has 1 amide bonds. The Bertz CT molecular complexity index is 999. The van der Waals surface area contributed by atoms with Crippen molar-refractivity contribution < 1.29 is 13.2 Å². The molecule has 0 spiro atoms. The molecule has 1 N–H and O–H groups in total. The Balaban J connectivity index is 1.71. The molecule has 0 atom stereocenters. The van der Waals surface area contributed by atoms with E-state index in [9.17, 15) is 13.2 Å². The Kier molecular flexibility index (Phi) is 5.08. The van der Waals surface area contributed by atoms with E-state index in [-0.39, 0.29) is 23.1 Å². The fourth-order valence-corrected chi connectivity index (χ4v) is 3.14. The summed E-state index contributed by atoms with van der Waals surface area (Å²) in [6.45, 7) is 1.62. The van der Waals surface area contributed by atoms with Crippen molar-refractivity contribution in [2.75, 3.05) is 11.1 Å². The monoisotopic (exact) mass is 371 g/mol. The lowest BCUT2D eigenvalue weighted by atomic mass is 10.2. The van der Waals surface area contributed by atoms with Gasteiger partial charge in [0.25, 0.3) is 5.91 Å². The van der Waals surface area contributed by atoms with Crippen molar-refractivity contribution in [3.05, 3.63) is 66.4 Å². The number of aromatic nitrogens is 4. The predicted octanol–water partition coefficient (Wildman–Crippen LogP) is 1.85. The van der Waals surface area contributed by atoms with Gasteiger partial charge in [0.1, 0.15) is 18.3 Å². The van der Waals surface area contributed by atoms with Gasteiger partial charge in [-0.3, -0.25) is 4.79 Å². The van der Waals surface area contributed by atoms with Crippen LogP contribution in [0.2, 0.25) is 0 Å². The SMILES string of the molecule is CCS(=O)(=O)Cc1ccc(NC(=O)c2cccc(-n3cncn3)n2)cc1. The average molecular weight is 371 g/mol. The number of hydrogen-bond donors (Lipinski definition) is 1. The van der Waals surface area contributed by atoms with Gasteiger partial charge < -0.3 is 5.32 Å². The normalized spacial score (nSPS) is 11.3. The summed E-state index contributed by atoms with van der Waals surface area (Å²) in [6.07, 6.45) is 2.88. The number of carbonyl (C=O) groups excluding carboxylic acids is 1. The zero-order chi connectivity index (χ0) is 18.6. The van der Waals surface area contributed by atoms with Gasteiger partial charge in [-0.05, 0) is 29.8 Å². The van der Waals surface area contributed by atoms with Gasteiger partial charge in [0, 0.05) is 11.4 Å². The summed E-state index contributed by atoms with van der Waals surface area (Å²) in [7, 11) is -3.09. The van der Waals surface area contributed by atoms with E-state index in [1.54, 1.807) is 49.4 Å². The smallest absolute Gasteiger partial charge is 0.274 e. The number of nitrogens with zero attached hydrogens (tertiary/aromatic N) is 4. The average Bonchev–Trinajstić information content (AvgIpc) is 3.18. The molecular formula is C17H17N5O3S. The standard InChI is InChI=1S/C17H17N5O3S/c1-2-26(24,25)10-13-6-8-14(9-7-13)20-17(23)15-4-3-5-16(21-15)22-12-18-11-19-22/h3-9,11-12H,2,10H2,1H3,(H,20,23). The summed E-state index contributed by atoms with van der Waals surface area (Å²) < 4.78 is 24.8. The molecule has 0 aliphatic heterocycles. The molecular weight excluding hydrogens is 354 g/mol. The lowest BCUT2D eigenvalue weighted by Gasteiger charge is -2.07. The summed E-state index contributed by atoms with van der Waals surface area (Å²) in [6, 6.07) is 11.7. The van der Waals surface area contributed by atoms with Crippen LogP contribution in [0.4, 0.5) is 5.69 Å². The van der Waals surface area contributed by atoms with Gasteiger partial charge in [0.2, 0.25) is 0 Å². The second-order valence-corrected chi connectivity index (χ2v) is 7.90. The van der Waals surface area contributed by atoms with Gasteiger partial charge in [-0.2, -0.15) is 5.10 Å². The van der Waals surface area contributed by atoms with Gasteiger partial charge in [-0.1, -0.05) is 25.1 Å². The van der Waals surface area contributed by atoms with Crippen molar-refractivity contribution in [3.63, 3.8) is 0 Å². The van der Waals surface area contributed by atoms with E-state index in [1.807, 2.05) is 0 Å². The summed E-state index contributed by atoms with van der Waals surface area (Å²) in [4.78, 5) is 20.5. The summed E-state index contributed by atoms with van der Waals surface area (Å²) in [5, 5.41) is 6.72. The van der Waals surface area contributed by atoms with Crippen LogP contribution in [0.25, 0.3) is 5.82 Å². The highest BCUT2D eigenvalue weighted by Gasteiger charge is 2.11. The molecule has 3 rings (SSSR count). The van der Waals surface area contributed by atoms with Crippen molar-refractivity contribution >= 4 is 21.4 Å². The first-order chi connectivity index (χ1) is 12.5. The third-order valence-electron chi connectivity index (χ3n) is 3.66. The molecule has 9 heteroatoms. The van der Waals surface area contributed by atoms with E-state index in [2.05, 4.69) is 20.4 Å². The zero-order valence-electron chi connectivity index (χ0n) is 14.0. The molecule has 2 aromatic heterocycles. The molecule has 0 bridgehead atoms. The van der Waals surface area contributed by atoms with Crippen molar-refractivity contribution in [2.24, 2.45) is 0 Å². The highest BCUT2D eigenvalue weighted by atomic mass is 32.2. The van der Waals surface area contributed by atoms with Gasteiger partial charge >= 0.3 is 0 Å². The Hall–Kier alpha value is -3.07. The largest absolute Gasteiger partial charge is 0.321 e. The second kappa shape index (κ2) is 7.44. The number of sulfone groups is 1. The number of anilines is 1. The first-order valence-electron chi connectivity index (χ1n) is 7.89. The molecule has 134 valence electrons. The molecule has 2 heterocycles. The van der Waals surface area contributed by atoms with E-state index in [0.29, 0.717) is 17.1 Å². The number of hydrogen-bond acceptors (Lipinski definition) is 6. The van der Waals surface area contributed by atoms with E-state index in [1.165, 1.54) is 17.3 Å². The first kappa shape index (κ1) is 17.7. The molecule has 26 heavy (non-hydrogen) atoms. The minimum atomic E-state index is -3.09. The Morgan fingerprint density at radius 2 is 1.92 bits per heavy atom. The minimum absolute atomic E-state index is 0.0146. The van der Waals surface area contributed by atoms with E-state index in [4.69, 9.17) is 0 Å². The van der Waals surface area contributed by atoms with Gasteiger partial charge in [-0.15, -0.1) is 0 Å². The summed E-state index contributed by atoms with van der Waals surface area (Å²) in [5.41, 5.74) is 1.47. The zero-order valence-corrected chi connectivity index (χ0v) is 14.8. The van der Waals surface area contributed by atoms with Crippen LogP contribution < -0.4 is 5.32 Å². The molecule has 0 aliphatic carbocycles. The Labute approximate surface area is 150 Å². The molecule has 8 nitrogen and oxygen atoms in total. The minimum Gasteiger partial charge on any atom is -0.321 e. The Morgan fingerprint density at radius 1 is 1.15 bits per heavy atom. The van der Waals surface area contributed by atoms with E-state index in [0.717, 1.165) is 0 Å². The quantitative estimate of drug-likeness (QED) is 0.709. The van der Waals surface area contributed by atoms with Crippen LogP contribution in [0, 0.1) is 0 Å². The number of amides is 1. The number of rotatable bonds is 6. The number of carbonyl (C=O) groups is 1. The molecule has 3 aromatic rings. The number of benzene rings is 1. The van der Waals surface area contributed by atoms with Gasteiger partial charge in [0.05, 0.1) is 5.75 Å². The maximum Gasteiger partial charge on any atom is 0.274 e. The van der Waals surface area contributed by atoms with Gasteiger partial charge in [0.15, 0.2) is 15.7 Å². The fraction of sp³-hybridized carbons (Fsp3) is 0.176. The van der Waals surface area contributed by atoms with Gasteiger partial charge in [-0.25, -0.2) is 23.1 Å². The van der Waals surface area contributed by atoms with Crippen LogP contribution in [0.5, 0.6) is 0 Å². The highest BCUT2D eigenvalue weighted by molar-refractivity contribution is 7.90. The molecule has 0 radical (unpaired) electrons. The van der Waals surface area contributed by atoms with Crippen molar-refractivity contribution in [1.29, 1.82) is 0 Å². The lowest BCUT2D eigenvalue weighted by Crippen LogP contribution is -2.15. The molecule has 0 fully saturated rings. The maximum atomic E-state index is 12.4. The molecule has 0 saturated carbocycles. The molecule has 0 saturated heterocycles. The third-order valence-corrected chi connectivity index (χ3v) is 5.31. The number of nitrogens with one attached hydrogen (secondary N) is 1.